The molecule has 3 amide bonds. The predicted octanol–water partition coefficient (Wildman–Crippen LogP) is 4.97. The maximum absolute atomic E-state index is 13.6. The highest BCUT2D eigenvalue weighted by molar-refractivity contribution is 7.21. The van der Waals surface area contributed by atoms with Gasteiger partial charge in [0.05, 0.1) is 28.9 Å². The Hall–Kier alpha value is -3.92. The zero-order valence-corrected chi connectivity index (χ0v) is 23.0. The topological polar surface area (TPSA) is 89.0 Å². The van der Waals surface area contributed by atoms with Crippen LogP contribution in [0.1, 0.15) is 27.9 Å². The SMILES string of the molecule is COC(CN(C(=O)c1cccc(C)c1)C1CC(=O)N(c2ccc(-c3nc4ccc(C)cc4s3)cc2)C1=O)OC. The lowest BCUT2D eigenvalue weighted by Gasteiger charge is -2.30. The molecular weight excluding hydrogens is 514 g/mol. The number of rotatable bonds is 8. The molecule has 4 aromatic rings. The van der Waals surface area contributed by atoms with Gasteiger partial charge < -0.3 is 14.4 Å². The van der Waals surface area contributed by atoms with Crippen molar-refractivity contribution >= 4 is 45.0 Å². The highest BCUT2D eigenvalue weighted by atomic mass is 32.1. The van der Waals surface area contributed by atoms with Gasteiger partial charge in [0, 0.05) is 25.3 Å². The molecule has 0 bridgehead atoms. The number of amides is 3. The predicted molar refractivity (Wildman–Crippen MR) is 151 cm³/mol. The number of methoxy groups -OCH3 is 2. The van der Waals surface area contributed by atoms with Crippen molar-refractivity contribution < 1.29 is 23.9 Å². The normalized spacial score (nSPS) is 15.5. The van der Waals surface area contributed by atoms with Crippen LogP contribution in [0.15, 0.2) is 66.7 Å². The number of carbonyl (C=O) groups is 3. The number of imide groups is 1. The van der Waals surface area contributed by atoms with E-state index in [9.17, 15) is 14.4 Å². The zero-order chi connectivity index (χ0) is 27.7. The first-order valence-corrected chi connectivity index (χ1v) is 13.4. The summed E-state index contributed by atoms with van der Waals surface area (Å²) in [5.41, 5.74) is 4.79. The van der Waals surface area contributed by atoms with E-state index in [0.717, 1.165) is 31.3 Å². The number of hydrogen-bond acceptors (Lipinski definition) is 7. The molecule has 1 aliphatic rings. The number of aromatic nitrogens is 1. The first-order chi connectivity index (χ1) is 18.8. The van der Waals surface area contributed by atoms with E-state index in [1.165, 1.54) is 24.7 Å². The monoisotopic (exact) mass is 543 g/mol. The zero-order valence-electron chi connectivity index (χ0n) is 22.2. The van der Waals surface area contributed by atoms with Crippen molar-refractivity contribution in [3.63, 3.8) is 0 Å². The number of anilines is 1. The fourth-order valence-electron chi connectivity index (χ4n) is 4.74. The molecule has 0 spiro atoms. The summed E-state index contributed by atoms with van der Waals surface area (Å²) >= 11 is 1.59. The van der Waals surface area contributed by atoms with Gasteiger partial charge in [-0.05, 0) is 67.9 Å². The molecule has 39 heavy (non-hydrogen) atoms. The molecule has 5 rings (SSSR count). The van der Waals surface area contributed by atoms with Gasteiger partial charge in [0.2, 0.25) is 5.91 Å². The molecular formula is C30H29N3O5S. The van der Waals surface area contributed by atoms with Crippen LogP contribution in [0.4, 0.5) is 5.69 Å². The van der Waals surface area contributed by atoms with Gasteiger partial charge in [0.25, 0.3) is 11.8 Å². The minimum Gasteiger partial charge on any atom is -0.354 e. The number of nitrogens with zero attached hydrogens (tertiary/aromatic N) is 3. The van der Waals surface area contributed by atoms with Crippen molar-refractivity contribution in [2.24, 2.45) is 0 Å². The number of aryl methyl sites for hydroxylation is 2. The lowest BCUT2D eigenvalue weighted by Crippen LogP contribution is -2.49. The van der Waals surface area contributed by atoms with Gasteiger partial charge in [-0.15, -0.1) is 11.3 Å². The first kappa shape index (κ1) is 26.7. The molecule has 0 aliphatic carbocycles. The van der Waals surface area contributed by atoms with Gasteiger partial charge in [0.15, 0.2) is 6.29 Å². The van der Waals surface area contributed by atoms with Crippen LogP contribution in [0.2, 0.25) is 0 Å². The molecule has 1 unspecified atom stereocenters. The Bertz CT molecular complexity index is 1540. The Kier molecular flexibility index (Phi) is 7.56. The molecule has 1 atom stereocenters. The summed E-state index contributed by atoms with van der Waals surface area (Å²) in [5.74, 6) is -1.20. The summed E-state index contributed by atoms with van der Waals surface area (Å²) in [6.07, 6.45) is -0.886. The maximum atomic E-state index is 13.6. The lowest BCUT2D eigenvalue weighted by atomic mass is 10.1. The van der Waals surface area contributed by atoms with Gasteiger partial charge in [-0.1, -0.05) is 23.8 Å². The van der Waals surface area contributed by atoms with Gasteiger partial charge in [0.1, 0.15) is 11.0 Å². The van der Waals surface area contributed by atoms with Gasteiger partial charge in [-0.25, -0.2) is 9.88 Å². The van der Waals surface area contributed by atoms with Crippen LogP contribution < -0.4 is 4.90 Å². The van der Waals surface area contributed by atoms with Crippen LogP contribution in [-0.4, -0.2) is 60.7 Å². The average Bonchev–Trinajstić information content (AvgIpc) is 3.48. The van der Waals surface area contributed by atoms with E-state index < -0.39 is 18.2 Å². The highest BCUT2D eigenvalue weighted by Crippen LogP contribution is 2.33. The molecule has 0 saturated carbocycles. The fraction of sp³-hybridized carbons (Fsp3) is 0.267. The quantitative estimate of drug-likeness (QED) is 0.230. The number of hydrogen-bond donors (Lipinski definition) is 0. The third-order valence-corrected chi connectivity index (χ3v) is 7.88. The third-order valence-electron chi connectivity index (χ3n) is 6.81. The van der Waals surface area contributed by atoms with E-state index in [0.29, 0.717) is 11.3 Å². The molecule has 2 heterocycles. The first-order valence-electron chi connectivity index (χ1n) is 12.6. The Labute approximate surface area is 230 Å². The van der Waals surface area contributed by atoms with Gasteiger partial charge in [-0.3, -0.25) is 14.4 Å². The van der Waals surface area contributed by atoms with Crippen molar-refractivity contribution in [2.45, 2.75) is 32.6 Å². The van der Waals surface area contributed by atoms with Crippen LogP contribution in [-0.2, 0) is 19.1 Å². The molecule has 3 aromatic carbocycles. The number of benzene rings is 3. The Morgan fingerprint density at radius 2 is 1.74 bits per heavy atom. The van der Waals surface area contributed by atoms with Crippen molar-refractivity contribution in [3.8, 4) is 10.6 Å². The second-order valence-electron chi connectivity index (χ2n) is 9.55. The fourth-order valence-corrected chi connectivity index (χ4v) is 5.81. The summed E-state index contributed by atoms with van der Waals surface area (Å²) in [6.45, 7) is 3.93. The molecule has 1 aliphatic heterocycles. The second kappa shape index (κ2) is 11.1. The second-order valence-corrected chi connectivity index (χ2v) is 10.6. The summed E-state index contributed by atoms with van der Waals surface area (Å²) < 4.78 is 11.8. The number of ether oxygens (including phenoxy) is 2. The molecule has 200 valence electrons. The molecule has 1 saturated heterocycles. The Balaban J connectivity index is 1.41. The van der Waals surface area contributed by atoms with Crippen LogP contribution in [0.25, 0.3) is 20.8 Å². The van der Waals surface area contributed by atoms with E-state index in [4.69, 9.17) is 14.5 Å². The molecule has 9 heteroatoms. The van der Waals surface area contributed by atoms with Crippen LogP contribution in [0.3, 0.4) is 0 Å². The standard InChI is InChI=1S/C30H29N3O5S/c1-18-6-5-7-21(14-18)29(35)32(17-27(37-3)38-4)24-16-26(34)33(30(24)36)22-11-9-20(10-12-22)28-31-23-13-8-19(2)15-25(23)39-28/h5-15,24,27H,16-17H2,1-4H3. The largest absolute Gasteiger partial charge is 0.354 e. The molecule has 0 radical (unpaired) electrons. The van der Waals surface area contributed by atoms with Crippen molar-refractivity contribution in [1.29, 1.82) is 0 Å². The smallest absolute Gasteiger partial charge is 0.257 e. The maximum Gasteiger partial charge on any atom is 0.257 e. The van der Waals surface area contributed by atoms with Crippen LogP contribution in [0, 0.1) is 13.8 Å². The Morgan fingerprint density at radius 3 is 2.44 bits per heavy atom. The van der Waals surface area contributed by atoms with Crippen molar-refractivity contribution in [3.05, 3.63) is 83.4 Å². The van der Waals surface area contributed by atoms with E-state index in [1.807, 2.05) is 44.2 Å². The van der Waals surface area contributed by atoms with E-state index in [1.54, 1.807) is 41.7 Å². The van der Waals surface area contributed by atoms with E-state index in [-0.39, 0.29) is 24.8 Å². The van der Waals surface area contributed by atoms with Gasteiger partial charge >= 0.3 is 0 Å². The average molecular weight is 544 g/mol. The van der Waals surface area contributed by atoms with E-state index in [2.05, 4.69) is 6.07 Å². The minimum absolute atomic E-state index is 0.00663. The Morgan fingerprint density at radius 1 is 1.03 bits per heavy atom. The number of fused-ring (bicyclic) bond motifs is 1. The summed E-state index contributed by atoms with van der Waals surface area (Å²) in [4.78, 5) is 47.6. The van der Waals surface area contributed by atoms with E-state index >= 15 is 0 Å². The number of thiazole rings is 1. The summed E-state index contributed by atoms with van der Waals surface area (Å²) in [7, 11) is 2.93. The van der Waals surface area contributed by atoms with Crippen molar-refractivity contribution in [2.75, 3.05) is 25.7 Å². The molecule has 1 aromatic heterocycles. The van der Waals surface area contributed by atoms with Gasteiger partial charge in [-0.2, -0.15) is 0 Å². The lowest BCUT2D eigenvalue weighted by molar-refractivity contribution is -0.128. The molecule has 1 fully saturated rings. The minimum atomic E-state index is -0.981. The van der Waals surface area contributed by atoms with Crippen molar-refractivity contribution in [1.82, 2.24) is 9.88 Å². The van der Waals surface area contributed by atoms with Crippen LogP contribution in [0.5, 0.6) is 0 Å². The number of carbonyl (C=O) groups excluding carboxylic acids is 3. The third kappa shape index (κ3) is 5.34. The van der Waals surface area contributed by atoms with Crippen LogP contribution >= 0.6 is 11.3 Å². The summed E-state index contributed by atoms with van der Waals surface area (Å²) in [5, 5.41) is 0.860. The molecule has 0 N–H and O–H groups in total. The molecule has 8 nitrogen and oxygen atoms in total. The highest BCUT2D eigenvalue weighted by Gasteiger charge is 2.45. The summed E-state index contributed by atoms with van der Waals surface area (Å²) in [6, 6.07) is 19.5.